The van der Waals surface area contributed by atoms with E-state index in [-0.39, 0.29) is 12.0 Å². The number of ether oxygens (including phenoxy) is 2. The number of nitrogens with one attached hydrogen (secondary N) is 2. The third-order valence-electron chi connectivity index (χ3n) is 3.56. The van der Waals surface area contributed by atoms with E-state index in [1.807, 2.05) is 18.2 Å². The molecule has 1 amide bonds. The minimum Gasteiger partial charge on any atom is -0.497 e. The first-order valence-corrected chi connectivity index (χ1v) is 8.28. The van der Waals surface area contributed by atoms with Crippen molar-refractivity contribution in [2.24, 2.45) is 0 Å². The fourth-order valence-corrected chi connectivity index (χ4v) is 3.09. The Morgan fingerprint density at radius 3 is 3.27 bits per heavy atom. The summed E-state index contributed by atoms with van der Waals surface area (Å²) in [7, 11) is 1.63. The molecule has 7 heteroatoms. The van der Waals surface area contributed by atoms with Crippen LogP contribution in [0.4, 0.5) is 0 Å². The lowest BCUT2D eigenvalue weighted by Gasteiger charge is -2.10. The van der Waals surface area contributed by atoms with E-state index in [2.05, 4.69) is 15.3 Å². The molecule has 0 bridgehead atoms. The van der Waals surface area contributed by atoms with Crippen LogP contribution < -0.4 is 10.1 Å². The number of thioether (sulfide) groups is 1. The van der Waals surface area contributed by atoms with Crippen LogP contribution >= 0.6 is 11.8 Å². The molecule has 6 nitrogen and oxygen atoms in total. The molecule has 0 radical (unpaired) electrons. The van der Waals surface area contributed by atoms with E-state index in [0.29, 0.717) is 12.3 Å². The van der Waals surface area contributed by atoms with Crippen LogP contribution in [0.15, 0.2) is 23.4 Å². The van der Waals surface area contributed by atoms with Crippen molar-refractivity contribution in [1.82, 2.24) is 15.3 Å². The monoisotopic (exact) mass is 321 g/mol. The fraction of sp³-hybridized carbons (Fsp3) is 0.467. The molecule has 1 aliphatic heterocycles. The number of rotatable bonds is 6. The van der Waals surface area contributed by atoms with Crippen molar-refractivity contribution in [3.8, 4) is 5.75 Å². The van der Waals surface area contributed by atoms with Crippen LogP contribution in [0.3, 0.4) is 0 Å². The molecule has 3 rings (SSSR count). The van der Waals surface area contributed by atoms with Gasteiger partial charge < -0.3 is 19.8 Å². The van der Waals surface area contributed by atoms with Crippen molar-refractivity contribution in [2.75, 3.05) is 26.0 Å². The van der Waals surface area contributed by atoms with Crippen molar-refractivity contribution >= 4 is 28.7 Å². The minimum absolute atomic E-state index is 0.00135. The number of H-pyrrole nitrogens is 1. The molecule has 0 aliphatic carbocycles. The number of fused-ring (bicyclic) bond motifs is 1. The maximum absolute atomic E-state index is 11.8. The number of hydrogen-bond acceptors (Lipinski definition) is 5. The minimum atomic E-state index is -0.00135. The van der Waals surface area contributed by atoms with Gasteiger partial charge in [-0.1, -0.05) is 11.8 Å². The molecule has 1 fully saturated rings. The van der Waals surface area contributed by atoms with Gasteiger partial charge >= 0.3 is 0 Å². The highest BCUT2D eigenvalue weighted by molar-refractivity contribution is 7.99. The predicted octanol–water partition coefficient (Wildman–Crippen LogP) is 1.96. The van der Waals surface area contributed by atoms with Crippen molar-refractivity contribution in [3.05, 3.63) is 18.2 Å². The molecule has 2 aromatic rings. The van der Waals surface area contributed by atoms with Gasteiger partial charge in [-0.2, -0.15) is 0 Å². The highest BCUT2D eigenvalue weighted by Gasteiger charge is 2.16. The standard InChI is InChI=1S/C15H19N3O3S/c1-20-10-4-5-12-13(7-10)18-15(17-12)22-9-14(19)16-8-11-3-2-6-21-11/h4-5,7,11H,2-3,6,8-9H2,1H3,(H,16,19)(H,17,18). The topological polar surface area (TPSA) is 76.2 Å². The number of hydrogen-bond donors (Lipinski definition) is 2. The van der Waals surface area contributed by atoms with Crippen molar-refractivity contribution in [2.45, 2.75) is 24.1 Å². The summed E-state index contributed by atoms with van der Waals surface area (Å²) in [6.07, 6.45) is 2.28. The van der Waals surface area contributed by atoms with Gasteiger partial charge in [0.2, 0.25) is 5.91 Å². The summed E-state index contributed by atoms with van der Waals surface area (Å²) >= 11 is 1.39. The second-order valence-electron chi connectivity index (χ2n) is 5.15. The van der Waals surface area contributed by atoms with Gasteiger partial charge in [0, 0.05) is 19.2 Å². The largest absolute Gasteiger partial charge is 0.497 e. The Labute approximate surface area is 133 Å². The first-order chi connectivity index (χ1) is 10.7. The van der Waals surface area contributed by atoms with Gasteiger partial charge in [0.25, 0.3) is 0 Å². The predicted molar refractivity (Wildman–Crippen MR) is 85.4 cm³/mol. The summed E-state index contributed by atoms with van der Waals surface area (Å²) < 4.78 is 10.7. The third kappa shape index (κ3) is 3.72. The lowest BCUT2D eigenvalue weighted by molar-refractivity contribution is -0.119. The molecule has 2 heterocycles. The van der Waals surface area contributed by atoms with Gasteiger partial charge in [-0.05, 0) is 25.0 Å². The summed E-state index contributed by atoms with van der Waals surface area (Å²) in [5.41, 5.74) is 1.77. The number of imidazole rings is 1. The zero-order valence-electron chi connectivity index (χ0n) is 12.4. The van der Waals surface area contributed by atoms with E-state index in [0.717, 1.165) is 41.4 Å². The van der Waals surface area contributed by atoms with Crippen LogP contribution in [0, 0.1) is 0 Å². The van der Waals surface area contributed by atoms with Crippen LogP contribution in [0.1, 0.15) is 12.8 Å². The highest BCUT2D eigenvalue weighted by atomic mass is 32.2. The highest BCUT2D eigenvalue weighted by Crippen LogP contribution is 2.23. The van der Waals surface area contributed by atoms with Crippen LogP contribution in [0.5, 0.6) is 5.75 Å². The van der Waals surface area contributed by atoms with Gasteiger partial charge in [-0.15, -0.1) is 0 Å². The molecule has 0 saturated carbocycles. The maximum Gasteiger partial charge on any atom is 0.230 e. The summed E-state index contributed by atoms with van der Waals surface area (Å²) in [4.78, 5) is 19.5. The van der Waals surface area contributed by atoms with E-state index >= 15 is 0 Å². The summed E-state index contributed by atoms with van der Waals surface area (Å²) in [5, 5.41) is 3.63. The Bertz CT molecular complexity index is 653. The van der Waals surface area contributed by atoms with Gasteiger partial charge in [0.1, 0.15) is 5.75 Å². The molecule has 0 spiro atoms. The smallest absolute Gasteiger partial charge is 0.230 e. The lowest BCUT2D eigenvalue weighted by Crippen LogP contribution is -2.32. The van der Waals surface area contributed by atoms with Crippen LogP contribution in [0.25, 0.3) is 11.0 Å². The van der Waals surface area contributed by atoms with E-state index < -0.39 is 0 Å². The Morgan fingerprint density at radius 1 is 1.59 bits per heavy atom. The Morgan fingerprint density at radius 2 is 2.50 bits per heavy atom. The second kappa shape index (κ2) is 7.02. The van der Waals surface area contributed by atoms with E-state index in [1.54, 1.807) is 7.11 Å². The zero-order valence-corrected chi connectivity index (χ0v) is 13.2. The van der Waals surface area contributed by atoms with E-state index in [9.17, 15) is 4.79 Å². The Hall–Kier alpha value is -1.73. The quantitative estimate of drug-likeness (QED) is 0.796. The third-order valence-corrected chi connectivity index (χ3v) is 4.43. The summed E-state index contributed by atoms with van der Waals surface area (Å²) in [6.45, 7) is 1.40. The SMILES string of the molecule is COc1ccc2nc(SCC(=O)NCC3CCCO3)[nH]c2c1. The van der Waals surface area contributed by atoms with Gasteiger partial charge in [0.15, 0.2) is 5.16 Å². The molecule has 1 atom stereocenters. The van der Waals surface area contributed by atoms with Crippen LogP contribution in [0.2, 0.25) is 0 Å². The van der Waals surface area contributed by atoms with E-state index in [1.165, 1.54) is 11.8 Å². The number of amides is 1. The molecule has 1 saturated heterocycles. The first kappa shape index (κ1) is 15.2. The second-order valence-corrected chi connectivity index (χ2v) is 6.12. The average molecular weight is 321 g/mol. The zero-order chi connectivity index (χ0) is 15.4. The molecule has 1 aromatic heterocycles. The van der Waals surface area contributed by atoms with Crippen LogP contribution in [-0.2, 0) is 9.53 Å². The fourth-order valence-electron chi connectivity index (χ4n) is 2.38. The summed E-state index contributed by atoms with van der Waals surface area (Å²) in [6, 6.07) is 5.65. The molecular weight excluding hydrogens is 302 g/mol. The number of carbonyl (C=O) groups excluding carboxylic acids is 1. The van der Waals surface area contributed by atoms with Gasteiger partial charge in [-0.25, -0.2) is 4.98 Å². The maximum atomic E-state index is 11.8. The van der Waals surface area contributed by atoms with Gasteiger partial charge in [0.05, 0.1) is 30.0 Å². The molecule has 1 unspecified atom stereocenters. The first-order valence-electron chi connectivity index (χ1n) is 7.29. The van der Waals surface area contributed by atoms with E-state index in [4.69, 9.17) is 9.47 Å². The average Bonchev–Trinajstić information content (AvgIpc) is 3.18. The van der Waals surface area contributed by atoms with Crippen molar-refractivity contribution in [3.63, 3.8) is 0 Å². The molecule has 1 aromatic carbocycles. The normalized spacial score (nSPS) is 17.8. The molecular formula is C15H19N3O3S. The lowest BCUT2D eigenvalue weighted by atomic mass is 10.2. The Balaban J connectivity index is 1.51. The number of benzene rings is 1. The summed E-state index contributed by atoms with van der Waals surface area (Å²) in [5.74, 6) is 1.12. The number of nitrogens with zero attached hydrogens (tertiary/aromatic N) is 1. The van der Waals surface area contributed by atoms with Crippen molar-refractivity contribution < 1.29 is 14.3 Å². The molecule has 2 N–H and O–H groups in total. The van der Waals surface area contributed by atoms with Crippen molar-refractivity contribution in [1.29, 1.82) is 0 Å². The number of aromatic amines is 1. The van der Waals surface area contributed by atoms with Crippen LogP contribution in [-0.4, -0.2) is 48.0 Å². The molecule has 22 heavy (non-hydrogen) atoms. The molecule has 118 valence electrons. The number of methoxy groups -OCH3 is 1. The van der Waals surface area contributed by atoms with Gasteiger partial charge in [-0.3, -0.25) is 4.79 Å². The molecule has 1 aliphatic rings. The number of aromatic nitrogens is 2. The number of carbonyl (C=O) groups is 1. The Kier molecular flexibility index (Phi) is 4.84.